The van der Waals surface area contributed by atoms with Gasteiger partial charge < -0.3 is 10.5 Å². The predicted molar refractivity (Wildman–Crippen MR) is 99.9 cm³/mol. The number of carbonyl (C=O) groups excluding carboxylic acids is 1. The van der Waals surface area contributed by atoms with E-state index in [2.05, 4.69) is 16.5 Å². The zero-order chi connectivity index (χ0) is 17.6. The number of amides is 1. The summed E-state index contributed by atoms with van der Waals surface area (Å²) in [5.41, 5.74) is 7.28. The zero-order valence-corrected chi connectivity index (χ0v) is 14.7. The van der Waals surface area contributed by atoms with E-state index >= 15 is 0 Å². The van der Waals surface area contributed by atoms with Crippen LogP contribution in [-0.2, 0) is 4.74 Å². The number of nitrogens with one attached hydrogen (secondary N) is 1. The van der Waals surface area contributed by atoms with Crippen LogP contribution in [0.25, 0.3) is 0 Å². The molecule has 0 unspecified atom stereocenters. The highest BCUT2D eigenvalue weighted by Gasteiger charge is 2.17. The van der Waals surface area contributed by atoms with Crippen molar-refractivity contribution in [1.29, 1.82) is 0 Å². The Balaban J connectivity index is 2.06. The molecular weight excluding hydrogens is 320 g/mol. The highest BCUT2D eigenvalue weighted by molar-refractivity contribution is 8.04. The second-order valence-electron chi connectivity index (χ2n) is 6.07. The fraction of sp³-hybridized carbons (Fsp3) is 0.211. The Hall–Kier alpha value is -2.58. The molecule has 0 saturated heterocycles. The van der Waals surface area contributed by atoms with Gasteiger partial charge in [0.2, 0.25) is 0 Å². The van der Waals surface area contributed by atoms with Crippen LogP contribution < -0.4 is 11.1 Å². The van der Waals surface area contributed by atoms with E-state index in [1.165, 1.54) is 11.8 Å². The minimum absolute atomic E-state index is 0.473. The second-order valence-corrected chi connectivity index (χ2v) is 6.95. The molecule has 0 aliphatic rings. The summed E-state index contributed by atoms with van der Waals surface area (Å²) in [6.07, 6.45) is -0.535. The first-order valence-electron chi connectivity index (χ1n) is 7.46. The van der Waals surface area contributed by atoms with E-state index in [4.69, 9.17) is 10.5 Å². The molecule has 0 aromatic heterocycles. The maximum Gasteiger partial charge on any atom is 0.412 e. The standard InChI is InChI=1S/C19H20N2O2S/c1-19(2,3)23-18(22)21-17-13-15(9-10-16(17)20)24-12-11-14-7-5-4-6-8-14/h4-10,13H,20H2,1-3H3,(H,21,22). The SMILES string of the molecule is CC(C)(C)OC(=O)Nc1cc(SC#Cc2ccccc2)ccc1N. The Morgan fingerprint density at radius 3 is 2.54 bits per heavy atom. The van der Waals surface area contributed by atoms with Crippen LogP contribution in [0, 0.1) is 11.2 Å². The maximum atomic E-state index is 11.9. The quantitative estimate of drug-likeness (QED) is 0.472. The van der Waals surface area contributed by atoms with E-state index in [-0.39, 0.29) is 0 Å². The van der Waals surface area contributed by atoms with Gasteiger partial charge in [-0.3, -0.25) is 5.32 Å². The topological polar surface area (TPSA) is 64.3 Å². The van der Waals surface area contributed by atoms with Gasteiger partial charge in [-0.1, -0.05) is 24.1 Å². The van der Waals surface area contributed by atoms with Gasteiger partial charge in [0.15, 0.2) is 0 Å². The van der Waals surface area contributed by atoms with E-state index in [0.29, 0.717) is 11.4 Å². The van der Waals surface area contributed by atoms with Crippen LogP contribution >= 0.6 is 11.8 Å². The molecule has 0 heterocycles. The minimum Gasteiger partial charge on any atom is -0.444 e. The van der Waals surface area contributed by atoms with Gasteiger partial charge in [-0.15, -0.1) is 0 Å². The smallest absolute Gasteiger partial charge is 0.412 e. The number of nitrogen functional groups attached to an aromatic ring is 1. The second kappa shape index (κ2) is 7.80. The number of thioether (sulfide) groups is 1. The van der Waals surface area contributed by atoms with Crippen LogP contribution in [-0.4, -0.2) is 11.7 Å². The molecule has 0 aliphatic heterocycles. The van der Waals surface area contributed by atoms with E-state index in [1.54, 1.807) is 32.9 Å². The Morgan fingerprint density at radius 1 is 1.17 bits per heavy atom. The number of anilines is 2. The number of carbonyl (C=O) groups is 1. The minimum atomic E-state index is -0.563. The van der Waals surface area contributed by atoms with Crippen molar-refractivity contribution in [2.75, 3.05) is 11.1 Å². The Bertz CT molecular complexity index is 771. The molecule has 0 saturated carbocycles. The summed E-state index contributed by atoms with van der Waals surface area (Å²) in [6.45, 7) is 5.42. The first-order valence-corrected chi connectivity index (χ1v) is 8.27. The van der Waals surface area contributed by atoms with Crippen LogP contribution in [0.15, 0.2) is 53.4 Å². The van der Waals surface area contributed by atoms with Crippen LogP contribution in [0.2, 0.25) is 0 Å². The van der Waals surface area contributed by atoms with Gasteiger partial charge in [0.05, 0.1) is 11.4 Å². The first-order chi connectivity index (χ1) is 11.3. The van der Waals surface area contributed by atoms with Crippen molar-refractivity contribution >= 4 is 29.2 Å². The van der Waals surface area contributed by atoms with Gasteiger partial charge in [-0.25, -0.2) is 4.79 Å². The maximum absolute atomic E-state index is 11.9. The fourth-order valence-corrected chi connectivity index (χ4v) is 2.39. The van der Waals surface area contributed by atoms with Crippen LogP contribution in [0.1, 0.15) is 26.3 Å². The van der Waals surface area contributed by atoms with Gasteiger partial charge in [0.1, 0.15) is 5.60 Å². The molecule has 24 heavy (non-hydrogen) atoms. The van der Waals surface area contributed by atoms with E-state index in [0.717, 1.165) is 10.5 Å². The summed E-state index contributed by atoms with van der Waals surface area (Å²) in [5, 5.41) is 5.71. The third-order valence-corrected chi connectivity index (χ3v) is 3.49. The van der Waals surface area contributed by atoms with Crippen LogP contribution in [0.3, 0.4) is 0 Å². The molecule has 5 heteroatoms. The number of rotatable bonds is 2. The number of hydrogen-bond acceptors (Lipinski definition) is 4. The van der Waals surface area contributed by atoms with Crippen molar-refractivity contribution in [2.24, 2.45) is 0 Å². The summed E-state index contributed by atoms with van der Waals surface area (Å²) in [6, 6.07) is 15.1. The molecule has 124 valence electrons. The van der Waals surface area contributed by atoms with Gasteiger partial charge in [-0.05, 0) is 68.1 Å². The lowest BCUT2D eigenvalue weighted by Gasteiger charge is -2.20. The zero-order valence-electron chi connectivity index (χ0n) is 13.9. The number of ether oxygens (including phenoxy) is 1. The van der Waals surface area contributed by atoms with Crippen molar-refractivity contribution in [2.45, 2.75) is 31.3 Å². The number of benzene rings is 2. The monoisotopic (exact) mass is 340 g/mol. The van der Waals surface area contributed by atoms with Crippen molar-refractivity contribution in [3.05, 3.63) is 54.1 Å². The van der Waals surface area contributed by atoms with Gasteiger partial charge in [-0.2, -0.15) is 0 Å². The molecule has 2 aromatic carbocycles. The number of hydrogen-bond donors (Lipinski definition) is 2. The molecule has 0 fully saturated rings. The average Bonchev–Trinajstić information content (AvgIpc) is 2.49. The molecule has 0 radical (unpaired) electrons. The van der Waals surface area contributed by atoms with Crippen LogP contribution in [0.4, 0.5) is 16.2 Å². The van der Waals surface area contributed by atoms with Crippen molar-refractivity contribution in [3.8, 4) is 11.2 Å². The summed E-state index contributed by atoms with van der Waals surface area (Å²) < 4.78 is 5.24. The molecule has 2 rings (SSSR count). The molecule has 0 spiro atoms. The summed E-state index contributed by atoms with van der Waals surface area (Å²) in [5.74, 6) is 3.07. The summed E-state index contributed by atoms with van der Waals surface area (Å²) in [4.78, 5) is 12.8. The highest BCUT2D eigenvalue weighted by atomic mass is 32.2. The van der Waals surface area contributed by atoms with E-state index in [1.807, 2.05) is 36.4 Å². The first kappa shape index (κ1) is 17.8. The number of nitrogens with two attached hydrogens (primary N) is 1. The molecule has 0 atom stereocenters. The Morgan fingerprint density at radius 2 is 1.88 bits per heavy atom. The van der Waals surface area contributed by atoms with Crippen LogP contribution in [0.5, 0.6) is 0 Å². The summed E-state index contributed by atoms with van der Waals surface area (Å²) >= 11 is 1.37. The molecule has 0 aliphatic carbocycles. The third-order valence-electron chi connectivity index (χ3n) is 2.80. The molecular formula is C19H20N2O2S. The molecule has 3 N–H and O–H groups in total. The van der Waals surface area contributed by atoms with E-state index < -0.39 is 11.7 Å². The predicted octanol–water partition coefficient (Wildman–Crippen LogP) is 4.72. The molecule has 1 amide bonds. The average molecular weight is 340 g/mol. The van der Waals surface area contributed by atoms with Crippen molar-refractivity contribution in [3.63, 3.8) is 0 Å². The normalized spacial score (nSPS) is 10.5. The lowest BCUT2D eigenvalue weighted by molar-refractivity contribution is 0.0636. The van der Waals surface area contributed by atoms with E-state index in [9.17, 15) is 4.79 Å². The van der Waals surface area contributed by atoms with Gasteiger partial charge >= 0.3 is 6.09 Å². The highest BCUT2D eigenvalue weighted by Crippen LogP contribution is 2.26. The lowest BCUT2D eigenvalue weighted by Crippen LogP contribution is -2.27. The van der Waals surface area contributed by atoms with Gasteiger partial charge in [0.25, 0.3) is 0 Å². The molecule has 2 aromatic rings. The lowest BCUT2D eigenvalue weighted by atomic mass is 10.2. The van der Waals surface area contributed by atoms with Gasteiger partial charge in [0, 0.05) is 10.5 Å². The third kappa shape index (κ3) is 5.90. The fourth-order valence-electron chi connectivity index (χ4n) is 1.79. The van der Waals surface area contributed by atoms with Crippen molar-refractivity contribution < 1.29 is 9.53 Å². The molecule has 4 nitrogen and oxygen atoms in total. The van der Waals surface area contributed by atoms with Crippen molar-refractivity contribution in [1.82, 2.24) is 0 Å². The largest absolute Gasteiger partial charge is 0.444 e. The Kier molecular flexibility index (Phi) is 5.78. The summed E-state index contributed by atoms with van der Waals surface area (Å²) in [7, 11) is 0. The Labute approximate surface area is 146 Å². The molecule has 0 bridgehead atoms.